The number of anilines is 1. The van der Waals surface area contributed by atoms with Crippen molar-refractivity contribution in [2.45, 2.75) is 30.0 Å². The Balaban J connectivity index is 1.56. The van der Waals surface area contributed by atoms with E-state index >= 15 is 0 Å². The Bertz CT molecular complexity index is 1080. The van der Waals surface area contributed by atoms with E-state index in [9.17, 15) is 27.2 Å². The molecule has 0 bridgehead atoms. The van der Waals surface area contributed by atoms with Crippen LogP contribution in [0.4, 0.5) is 23.2 Å². The number of methoxy groups -OCH3 is 1. The minimum absolute atomic E-state index is 0.134. The summed E-state index contributed by atoms with van der Waals surface area (Å²) in [6, 6.07) is 7.11. The third kappa shape index (κ3) is 4.47. The molecule has 1 aliphatic heterocycles. The molecule has 2 N–H and O–H groups in total. The summed E-state index contributed by atoms with van der Waals surface area (Å²) in [5.74, 6) is -2.12. The number of halogens is 4. The highest BCUT2D eigenvalue weighted by atomic mass is 32.2. The molecule has 170 valence electrons. The first-order valence-corrected chi connectivity index (χ1v) is 10.4. The predicted molar refractivity (Wildman–Crippen MR) is 108 cm³/mol. The van der Waals surface area contributed by atoms with Crippen LogP contribution in [0.1, 0.15) is 33.8 Å². The van der Waals surface area contributed by atoms with Gasteiger partial charge in [0.1, 0.15) is 17.1 Å². The lowest BCUT2D eigenvalue weighted by atomic mass is 10.0. The lowest BCUT2D eigenvalue weighted by molar-refractivity contribution is -0.173. The van der Waals surface area contributed by atoms with Gasteiger partial charge in [0, 0.05) is 17.4 Å². The molecular formula is C21H18F4N2O4S. The summed E-state index contributed by atoms with van der Waals surface area (Å²) < 4.78 is 64.8. The van der Waals surface area contributed by atoms with Crippen molar-refractivity contribution in [1.29, 1.82) is 0 Å². The Morgan fingerprint density at radius 2 is 2.03 bits per heavy atom. The van der Waals surface area contributed by atoms with Crippen LogP contribution in [0.3, 0.4) is 0 Å². The van der Waals surface area contributed by atoms with Crippen molar-refractivity contribution in [2.24, 2.45) is 5.92 Å². The number of alkyl halides is 3. The second kappa shape index (κ2) is 8.53. The van der Waals surface area contributed by atoms with Crippen molar-refractivity contribution < 1.29 is 36.6 Å². The smallest absolute Gasteiger partial charge is 0.471 e. The van der Waals surface area contributed by atoms with Gasteiger partial charge in [0.2, 0.25) is 0 Å². The van der Waals surface area contributed by atoms with Gasteiger partial charge in [0.25, 0.3) is 0 Å². The lowest BCUT2D eigenvalue weighted by Crippen LogP contribution is -2.36. The van der Waals surface area contributed by atoms with Gasteiger partial charge >= 0.3 is 18.1 Å². The fourth-order valence-electron chi connectivity index (χ4n) is 3.61. The molecule has 32 heavy (non-hydrogen) atoms. The van der Waals surface area contributed by atoms with E-state index in [2.05, 4.69) is 4.72 Å². The second-order valence-electron chi connectivity index (χ2n) is 7.45. The molecular weight excluding hydrogens is 452 g/mol. The van der Waals surface area contributed by atoms with E-state index in [1.807, 2.05) is 6.07 Å². The van der Waals surface area contributed by atoms with Gasteiger partial charge in [-0.3, -0.25) is 4.79 Å². The maximum absolute atomic E-state index is 13.7. The number of carbonyl (C=O) groups excluding carboxylic acids is 2. The van der Waals surface area contributed by atoms with E-state index in [1.165, 1.54) is 13.2 Å². The first kappa shape index (κ1) is 22.3. The largest absolute Gasteiger partial charge is 0.492 e. The van der Waals surface area contributed by atoms with E-state index in [1.54, 1.807) is 11.4 Å². The van der Waals surface area contributed by atoms with Gasteiger partial charge in [-0.1, -0.05) is 6.07 Å². The van der Waals surface area contributed by atoms with Crippen LogP contribution in [0.15, 0.2) is 35.2 Å². The number of hydrogen-bond donors (Lipinski definition) is 2. The maximum Gasteiger partial charge on any atom is 0.471 e. The second-order valence-corrected chi connectivity index (χ2v) is 8.30. The van der Waals surface area contributed by atoms with E-state index < -0.39 is 30.4 Å². The normalized spacial score (nSPS) is 18.7. The highest BCUT2D eigenvalue weighted by molar-refractivity contribution is 8.00. The fraction of sp³-hybridized carbons (Fsp3) is 0.333. The molecule has 2 aromatic rings. The zero-order valence-electron chi connectivity index (χ0n) is 16.7. The van der Waals surface area contributed by atoms with Crippen molar-refractivity contribution in [3.8, 4) is 5.75 Å². The molecule has 1 saturated carbocycles. The van der Waals surface area contributed by atoms with Gasteiger partial charge in [-0.25, -0.2) is 9.18 Å². The third-order valence-corrected chi connectivity index (χ3v) is 6.27. The third-order valence-electron chi connectivity index (χ3n) is 5.33. The lowest BCUT2D eigenvalue weighted by Gasteiger charge is -2.22. The molecule has 1 aliphatic carbocycles. The van der Waals surface area contributed by atoms with Crippen LogP contribution in [-0.2, 0) is 16.1 Å². The summed E-state index contributed by atoms with van der Waals surface area (Å²) in [6.45, 7) is -0.0143. The highest BCUT2D eigenvalue weighted by Crippen LogP contribution is 2.55. The van der Waals surface area contributed by atoms with E-state index in [4.69, 9.17) is 9.47 Å². The number of fused-ring (bicyclic) bond motifs is 3. The molecule has 6 nitrogen and oxygen atoms in total. The number of esters is 1. The molecule has 0 radical (unpaired) electrons. The molecule has 0 spiro atoms. The van der Waals surface area contributed by atoms with Crippen LogP contribution >= 0.6 is 11.9 Å². The number of ether oxygens (including phenoxy) is 2. The monoisotopic (exact) mass is 470 g/mol. The molecule has 0 saturated heterocycles. The number of amides is 1. The number of benzene rings is 2. The van der Waals surface area contributed by atoms with Gasteiger partial charge in [0.15, 0.2) is 0 Å². The van der Waals surface area contributed by atoms with Crippen LogP contribution in [0.2, 0.25) is 0 Å². The summed E-state index contributed by atoms with van der Waals surface area (Å²) in [6.07, 6.45) is -4.05. The molecule has 2 unspecified atom stereocenters. The van der Waals surface area contributed by atoms with E-state index in [0.717, 1.165) is 36.1 Å². The van der Waals surface area contributed by atoms with Crippen molar-refractivity contribution >= 4 is 29.5 Å². The summed E-state index contributed by atoms with van der Waals surface area (Å²) in [5.41, 5.74) is 1.68. The van der Waals surface area contributed by atoms with Crippen LogP contribution in [0.5, 0.6) is 5.75 Å². The summed E-state index contributed by atoms with van der Waals surface area (Å²) >= 11 is 0.959. The Morgan fingerprint density at radius 1 is 1.25 bits per heavy atom. The van der Waals surface area contributed by atoms with Gasteiger partial charge in [-0.15, -0.1) is 0 Å². The fourth-order valence-corrected chi connectivity index (χ4v) is 4.40. The first-order chi connectivity index (χ1) is 15.2. The maximum atomic E-state index is 13.7. The molecule has 11 heteroatoms. The Hall–Kier alpha value is -2.95. The van der Waals surface area contributed by atoms with Crippen molar-refractivity contribution in [3.63, 3.8) is 0 Å². The van der Waals surface area contributed by atoms with Crippen molar-refractivity contribution in [3.05, 3.63) is 52.8 Å². The topological polar surface area (TPSA) is 76.7 Å². The van der Waals surface area contributed by atoms with E-state index in [-0.39, 0.29) is 11.1 Å². The average molecular weight is 470 g/mol. The van der Waals surface area contributed by atoms with Gasteiger partial charge in [0.05, 0.1) is 19.4 Å². The number of carbonyl (C=O) groups is 2. The van der Waals surface area contributed by atoms with Crippen LogP contribution in [0.25, 0.3) is 0 Å². The molecule has 2 aliphatic rings. The molecule has 1 heterocycles. The zero-order valence-corrected chi connectivity index (χ0v) is 17.5. The molecule has 0 aromatic heterocycles. The standard InChI is InChI=1S/C21H18F4N2O4S/c1-30-19(28)17-15(4-3-13-14-7-11(14)9-31-18(13)17)27-32-16-5-2-12(22)6-10(16)8-26-20(29)21(23,24)25/h2-6,11,14,27H,7-9H2,1H3,(H,26,29). The average Bonchev–Trinajstić information content (AvgIpc) is 3.55. The van der Waals surface area contributed by atoms with E-state index in [0.29, 0.717) is 34.8 Å². The van der Waals surface area contributed by atoms with Crippen LogP contribution in [0, 0.1) is 11.7 Å². The SMILES string of the molecule is COC(=O)c1c(NSc2ccc(F)cc2CNC(=O)C(F)(F)F)ccc2c1OCC1CC21. The summed E-state index contributed by atoms with van der Waals surface area (Å²) in [4.78, 5) is 23.9. The van der Waals surface area contributed by atoms with Crippen molar-refractivity contribution in [1.82, 2.24) is 5.32 Å². The number of rotatable bonds is 6. The number of hydrogen-bond acceptors (Lipinski definition) is 6. The number of nitrogens with one attached hydrogen (secondary N) is 2. The van der Waals surface area contributed by atoms with Gasteiger partial charge in [-0.05, 0) is 59.7 Å². The molecule has 2 aromatic carbocycles. The highest BCUT2D eigenvalue weighted by Gasteiger charge is 2.45. The molecule has 4 rings (SSSR count). The summed E-state index contributed by atoms with van der Waals surface area (Å²) in [5, 5.41) is 1.73. The van der Waals surface area contributed by atoms with Gasteiger partial charge in [-0.2, -0.15) is 13.2 Å². The minimum Gasteiger partial charge on any atom is -0.492 e. The quantitative estimate of drug-likeness (QED) is 0.370. The molecule has 2 atom stereocenters. The molecule has 1 fully saturated rings. The van der Waals surface area contributed by atoms with Gasteiger partial charge < -0.3 is 19.5 Å². The minimum atomic E-state index is -5.04. The van der Waals surface area contributed by atoms with Crippen molar-refractivity contribution in [2.75, 3.05) is 18.4 Å². The summed E-state index contributed by atoms with van der Waals surface area (Å²) in [7, 11) is 1.25. The predicted octanol–water partition coefficient (Wildman–Crippen LogP) is 4.41. The zero-order chi connectivity index (χ0) is 23.0. The Morgan fingerprint density at radius 3 is 2.75 bits per heavy atom. The Labute approximate surface area is 184 Å². The van der Waals surface area contributed by atoms with Crippen LogP contribution in [-0.4, -0.2) is 31.8 Å². The molecule has 1 amide bonds. The Kier molecular flexibility index (Phi) is 5.93. The first-order valence-electron chi connectivity index (χ1n) is 9.63. The van der Waals surface area contributed by atoms with Crippen LogP contribution < -0.4 is 14.8 Å².